The second-order valence-electron chi connectivity index (χ2n) is 3.02. The molecule has 0 aliphatic carbocycles. The SMILES string of the molecule is COC(C)C(O)c1c(F)cccc1F. The molecule has 1 N–H and O–H groups in total. The number of benzene rings is 1. The Hall–Kier alpha value is -1.00. The van der Waals surface area contributed by atoms with Gasteiger partial charge in [-0.2, -0.15) is 0 Å². The fourth-order valence-electron chi connectivity index (χ4n) is 1.16. The molecule has 78 valence electrons. The van der Waals surface area contributed by atoms with Crippen molar-refractivity contribution in [3.63, 3.8) is 0 Å². The maximum absolute atomic E-state index is 13.1. The van der Waals surface area contributed by atoms with Gasteiger partial charge in [-0.05, 0) is 19.1 Å². The quantitative estimate of drug-likeness (QED) is 0.812. The Balaban J connectivity index is 3.05. The van der Waals surface area contributed by atoms with Crippen molar-refractivity contribution in [1.82, 2.24) is 0 Å². The van der Waals surface area contributed by atoms with Gasteiger partial charge in [0.1, 0.15) is 17.7 Å². The predicted molar refractivity (Wildman–Crippen MR) is 47.8 cm³/mol. The smallest absolute Gasteiger partial charge is 0.132 e. The lowest BCUT2D eigenvalue weighted by Gasteiger charge is -2.18. The summed E-state index contributed by atoms with van der Waals surface area (Å²) in [7, 11) is 1.37. The Morgan fingerprint density at radius 2 is 1.79 bits per heavy atom. The molecule has 0 bridgehead atoms. The van der Waals surface area contributed by atoms with Gasteiger partial charge >= 0.3 is 0 Å². The molecule has 4 heteroatoms. The van der Waals surface area contributed by atoms with Gasteiger partial charge in [0, 0.05) is 7.11 Å². The van der Waals surface area contributed by atoms with Gasteiger partial charge in [-0.25, -0.2) is 8.78 Å². The molecule has 0 saturated carbocycles. The molecule has 0 aliphatic rings. The summed E-state index contributed by atoms with van der Waals surface area (Å²) in [6.45, 7) is 1.54. The largest absolute Gasteiger partial charge is 0.385 e. The lowest BCUT2D eigenvalue weighted by atomic mass is 10.0. The van der Waals surface area contributed by atoms with E-state index in [9.17, 15) is 13.9 Å². The molecule has 1 aromatic rings. The van der Waals surface area contributed by atoms with Crippen LogP contribution < -0.4 is 0 Å². The van der Waals surface area contributed by atoms with Crippen LogP contribution in [-0.2, 0) is 4.74 Å². The summed E-state index contributed by atoms with van der Waals surface area (Å²) in [5, 5.41) is 9.55. The first-order valence-corrected chi connectivity index (χ1v) is 4.22. The standard InChI is InChI=1S/C10H12F2O2/c1-6(14-2)10(13)9-7(11)4-3-5-8(9)12/h3-6,10,13H,1-2H3. The average molecular weight is 202 g/mol. The molecular formula is C10H12F2O2. The van der Waals surface area contributed by atoms with E-state index in [1.54, 1.807) is 0 Å². The third-order valence-corrected chi connectivity index (χ3v) is 2.11. The van der Waals surface area contributed by atoms with E-state index in [1.807, 2.05) is 0 Å². The zero-order valence-electron chi connectivity index (χ0n) is 8.00. The molecule has 0 aliphatic heterocycles. The third-order valence-electron chi connectivity index (χ3n) is 2.11. The fourth-order valence-corrected chi connectivity index (χ4v) is 1.16. The molecule has 0 fully saturated rings. The van der Waals surface area contributed by atoms with E-state index >= 15 is 0 Å². The molecule has 2 nitrogen and oxygen atoms in total. The van der Waals surface area contributed by atoms with E-state index in [-0.39, 0.29) is 5.56 Å². The molecule has 1 rings (SSSR count). The molecule has 2 atom stereocenters. The highest BCUT2D eigenvalue weighted by Crippen LogP contribution is 2.24. The number of ether oxygens (including phenoxy) is 1. The summed E-state index contributed by atoms with van der Waals surface area (Å²) >= 11 is 0. The summed E-state index contributed by atoms with van der Waals surface area (Å²) in [5.74, 6) is -1.53. The highest BCUT2D eigenvalue weighted by atomic mass is 19.1. The first kappa shape index (κ1) is 11.1. The van der Waals surface area contributed by atoms with E-state index in [2.05, 4.69) is 0 Å². The van der Waals surface area contributed by atoms with E-state index in [4.69, 9.17) is 4.74 Å². The van der Waals surface area contributed by atoms with Crippen LogP contribution in [0.3, 0.4) is 0 Å². The van der Waals surface area contributed by atoms with Gasteiger partial charge in [0.25, 0.3) is 0 Å². The van der Waals surface area contributed by atoms with Crippen LogP contribution in [0, 0.1) is 11.6 Å². The van der Waals surface area contributed by atoms with Crippen molar-refractivity contribution in [3.05, 3.63) is 35.4 Å². The number of halogens is 2. The zero-order chi connectivity index (χ0) is 10.7. The van der Waals surface area contributed by atoms with Crippen LogP contribution in [0.2, 0.25) is 0 Å². The predicted octanol–water partition coefficient (Wildman–Crippen LogP) is 2.03. The topological polar surface area (TPSA) is 29.5 Å². The summed E-state index contributed by atoms with van der Waals surface area (Å²) in [6, 6.07) is 3.45. The second-order valence-corrected chi connectivity index (χ2v) is 3.02. The Morgan fingerprint density at radius 3 is 2.21 bits per heavy atom. The fraction of sp³-hybridized carbons (Fsp3) is 0.400. The monoisotopic (exact) mass is 202 g/mol. The van der Waals surface area contributed by atoms with Crippen molar-refractivity contribution in [2.45, 2.75) is 19.1 Å². The minimum Gasteiger partial charge on any atom is -0.385 e. The summed E-state index contributed by atoms with van der Waals surface area (Å²) in [6.07, 6.45) is -1.94. The van der Waals surface area contributed by atoms with Gasteiger partial charge in [0.05, 0.1) is 11.7 Å². The number of rotatable bonds is 3. The normalized spacial score (nSPS) is 15.2. The van der Waals surface area contributed by atoms with E-state index in [1.165, 1.54) is 20.1 Å². The number of methoxy groups -OCH3 is 1. The molecule has 0 amide bonds. The van der Waals surface area contributed by atoms with Crippen LogP contribution in [-0.4, -0.2) is 18.3 Å². The minimum atomic E-state index is -1.29. The summed E-state index contributed by atoms with van der Waals surface area (Å²) < 4.78 is 31.1. The van der Waals surface area contributed by atoms with Crippen LogP contribution in [0.25, 0.3) is 0 Å². The lowest BCUT2D eigenvalue weighted by Crippen LogP contribution is -2.19. The first-order chi connectivity index (χ1) is 6.57. The van der Waals surface area contributed by atoms with Crippen LogP contribution in [0.4, 0.5) is 8.78 Å². The average Bonchev–Trinajstić information content (AvgIpc) is 2.16. The molecule has 0 spiro atoms. The highest BCUT2D eigenvalue weighted by molar-refractivity contribution is 5.22. The van der Waals surface area contributed by atoms with E-state index in [0.29, 0.717) is 0 Å². The molecule has 2 unspecified atom stereocenters. The molecule has 0 saturated heterocycles. The number of hydrogen-bond acceptors (Lipinski definition) is 2. The van der Waals surface area contributed by atoms with Crippen LogP contribution >= 0.6 is 0 Å². The molecule has 1 aromatic carbocycles. The van der Waals surface area contributed by atoms with Crippen molar-refractivity contribution in [2.75, 3.05) is 7.11 Å². The van der Waals surface area contributed by atoms with Crippen molar-refractivity contribution in [2.24, 2.45) is 0 Å². The maximum Gasteiger partial charge on any atom is 0.132 e. The molecule has 14 heavy (non-hydrogen) atoms. The maximum atomic E-state index is 13.1. The van der Waals surface area contributed by atoms with Crippen molar-refractivity contribution < 1.29 is 18.6 Å². The van der Waals surface area contributed by atoms with Gasteiger partial charge in [-0.3, -0.25) is 0 Å². The molecular weight excluding hydrogens is 190 g/mol. The van der Waals surface area contributed by atoms with Crippen molar-refractivity contribution in [3.8, 4) is 0 Å². The molecule has 0 heterocycles. The highest BCUT2D eigenvalue weighted by Gasteiger charge is 2.22. The van der Waals surface area contributed by atoms with Crippen LogP contribution in [0.5, 0.6) is 0 Å². The van der Waals surface area contributed by atoms with Crippen LogP contribution in [0.1, 0.15) is 18.6 Å². The minimum absolute atomic E-state index is 0.346. The van der Waals surface area contributed by atoms with Gasteiger partial charge in [-0.15, -0.1) is 0 Å². The summed E-state index contributed by atoms with van der Waals surface area (Å²) in [4.78, 5) is 0. The molecule has 0 radical (unpaired) electrons. The van der Waals surface area contributed by atoms with E-state index < -0.39 is 23.8 Å². The Morgan fingerprint density at radius 1 is 1.29 bits per heavy atom. The van der Waals surface area contributed by atoms with Gasteiger partial charge in [0.2, 0.25) is 0 Å². The Bertz CT molecular complexity index is 295. The number of aliphatic hydroxyl groups excluding tert-OH is 1. The lowest BCUT2D eigenvalue weighted by molar-refractivity contribution is -0.00497. The van der Waals surface area contributed by atoms with Gasteiger partial charge < -0.3 is 9.84 Å². The Kier molecular flexibility index (Phi) is 3.55. The van der Waals surface area contributed by atoms with Crippen molar-refractivity contribution >= 4 is 0 Å². The number of hydrogen-bond donors (Lipinski definition) is 1. The summed E-state index contributed by atoms with van der Waals surface area (Å²) in [5.41, 5.74) is -0.346. The molecule has 0 aromatic heterocycles. The van der Waals surface area contributed by atoms with Gasteiger partial charge in [0.15, 0.2) is 0 Å². The van der Waals surface area contributed by atoms with E-state index in [0.717, 1.165) is 12.1 Å². The number of aliphatic hydroxyl groups is 1. The van der Waals surface area contributed by atoms with Gasteiger partial charge in [-0.1, -0.05) is 6.07 Å². The zero-order valence-corrected chi connectivity index (χ0v) is 8.00. The first-order valence-electron chi connectivity index (χ1n) is 4.22. The van der Waals surface area contributed by atoms with Crippen LogP contribution in [0.15, 0.2) is 18.2 Å². The Labute approximate surface area is 81.1 Å². The van der Waals surface area contributed by atoms with Crippen molar-refractivity contribution in [1.29, 1.82) is 0 Å². The third kappa shape index (κ3) is 2.08. The second kappa shape index (κ2) is 4.48.